The van der Waals surface area contributed by atoms with Gasteiger partial charge in [-0.2, -0.15) is 0 Å². The van der Waals surface area contributed by atoms with Gasteiger partial charge in [0.25, 0.3) is 0 Å². The monoisotopic (exact) mass is 462 g/mol. The van der Waals surface area contributed by atoms with Crippen molar-refractivity contribution < 1.29 is 31.9 Å². The third kappa shape index (κ3) is 5.64. The normalized spacial score (nSPS) is 18.4. The van der Waals surface area contributed by atoms with Gasteiger partial charge in [-0.3, -0.25) is 0 Å². The summed E-state index contributed by atoms with van der Waals surface area (Å²) in [6.07, 6.45) is 0.997. The molecule has 1 heterocycles. The molecule has 0 N–H and O–H groups in total. The SMILES string of the molecule is COC[C@H](C)Oc1cc(Oc2ccc(S(C)(=O)=O)cc2)cc(B2OC(C)(C)C(C)(C)O2)c1. The van der Waals surface area contributed by atoms with Gasteiger partial charge in [-0.25, -0.2) is 8.42 Å². The number of hydrogen-bond acceptors (Lipinski definition) is 7. The molecule has 1 atom stereocenters. The van der Waals surface area contributed by atoms with Gasteiger partial charge in [0.05, 0.1) is 22.7 Å². The Balaban J connectivity index is 1.92. The van der Waals surface area contributed by atoms with Gasteiger partial charge in [-0.15, -0.1) is 0 Å². The van der Waals surface area contributed by atoms with Crippen molar-refractivity contribution >= 4 is 22.4 Å². The summed E-state index contributed by atoms with van der Waals surface area (Å²) in [5, 5.41) is 0. The van der Waals surface area contributed by atoms with Gasteiger partial charge in [0.15, 0.2) is 9.84 Å². The van der Waals surface area contributed by atoms with Crippen LogP contribution in [0.5, 0.6) is 17.2 Å². The minimum Gasteiger partial charge on any atom is -0.488 e. The fourth-order valence-corrected chi connectivity index (χ4v) is 3.86. The van der Waals surface area contributed by atoms with Gasteiger partial charge in [0, 0.05) is 19.4 Å². The average Bonchev–Trinajstić information content (AvgIpc) is 2.89. The summed E-state index contributed by atoms with van der Waals surface area (Å²) in [5.74, 6) is 1.60. The van der Waals surface area contributed by atoms with Gasteiger partial charge in [0.1, 0.15) is 23.4 Å². The summed E-state index contributed by atoms with van der Waals surface area (Å²) in [6.45, 7) is 10.3. The second-order valence-corrected chi connectivity index (χ2v) is 11.1. The van der Waals surface area contributed by atoms with Crippen LogP contribution < -0.4 is 14.9 Å². The molecule has 0 bridgehead atoms. The predicted octanol–water partition coefficient (Wildman–Crippen LogP) is 3.60. The molecular formula is C23H31BO7S. The Morgan fingerprint density at radius 2 is 1.50 bits per heavy atom. The van der Waals surface area contributed by atoms with Crippen molar-refractivity contribution in [3.8, 4) is 17.2 Å². The lowest BCUT2D eigenvalue weighted by molar-refractivity contribution is 0.00578. The van der Waals surface area contributed by atoms with E-state index in [9.17, 15) is 8.42 Å². The van der Waals surface area contributed by atoms with E-state index in [1.807, 2.05) is 46.8 Å². The molecule has 0 unspecified atom stereocenters. The zero-order chi connectivity index (χ0) is 23.7. The Kier molecular flexibility index (Phi) is 6.95. The van der Waals surface area contributed by atoms with E-state index < -0.39 is 28.2 Å². The van der Waals surface area contributed by atoms with E-state index in [0.717, 1.165) is 5.46 Å². The van der Waals surface area contributed by atoms with Crippen molar-refractivity contribution in [2.24, 2.45) is 0 Å². The second-order valence-electron chi connectivity index (χ2n) is 9.06. The highest BCUT2D eigenvalue weighted by Crippen LogP contribution is 2.37. The van der Waals surface area contributed by atoms with E-state index in [-0.39, 0.29) is 11.0 Å². The minimum absolute atomic E-state index is 0.171. The first kappa shape index (κ1) is 24.6. The van der Waals surface area contributed by atoms with Crippen molar-refractivity contribution in [3.63, 3.8) is 0 Å². The summed E-state index contributed by atoms with van der Waals surface area (Å²) in [4.78, 5) is 0.230. The molecule has 0 radical (unpaired) electrons. The molecule has 1 fully saturated rings. The van der Waals surface area contributed by atoms with Crippen molar-refractivity contribution in [1.82, 2.24) is 0 Å². The van der Waals surface area contributed by atoms with Gasteiger partial charge in [-0.1, -0.05) is 0 Å². The number of benzene rings is 2. The third-order valence-electron chi connectivity index (χ3n) is 5.65. The lowest BCUT2D eigenvalue weighted by Crippen LogP contribution is -2.41. The first-order valence-electron chi connectivity index (χ1n) is 10.4. The van der Waals surface area contributed by atoms with E-state index in [4.69, 9.17) is 23.5 Å². The number of ether oxygens (including phenoxy) is 3. The molecule has 3 rings (SSSR count). The predicted molar refractivity (Wildman–Crippen MR) is 124 cm³/mol. The Bertz CT molecular complexity index is 1030. The van der Waals surface area contributed by atoms with Crippen LogP contribution in [0.3, 0.4) is 0 Å². The molecule has 1 aliphatic rings. The number of sulfone groups is 1. The average molecular weight is 462 g/mol. The first-order chi connectivity index (χ1) is 14.8. The maximum absolute atomic E-state index is 11.7. The van der Waals surface area contributed by atoms with Crippen LogP contribution in [0.15, 0.2) is 47.4 Å². The summed E-state index contributed by atoms with van der Waals surface area (Å²) in [6, 6.07) is 11.7. The van der Waals surface area contributed by atoms with Crippen molar-refractivity contribution in [2.75, 3.05) is 20.0 Å². The molecule has 32 heavy (non-hydrogen) atoms. The van der Waals surface area contributed by atoms with E-state index >= 15 is 0 Å². The Labute approximate surface area is 191 Å². The molecule has 0 spiro atoms. The maximum Gasteiger partial charge on any atom is 0.495 e. The zero-order valence-electron chi connectivity index (χ0n) is 19.7. The second kappa shape index (κ2) is 9.06. The van der Waals surface area contributed by atoms with Crippen LogP contribution in [0, 0.1) is 0 Å². The molecule has 0 aliphatic carbocycles. The largest absolute Gasteiger partial charge is 0.495 e. The molecule has 2 aromatic carbocycles. The highest BCUT2D eigenvalue weighted by molar-refractivity contribution is 7.90. The van der Waals surface area contributed by atoms with Crippen LogP contribution in [0.2, 0.25) is 0 Å². The summed E-state index contributed by atoms with van der Waals surface area (Å²) >= 11 is 0. The fraction of sp³-hybridized carbons (Fsp3) is 0.478. The molecule has 174 valence electrons. The van der Waals surface area contributed by atoms with Crippen LogP contribution >= 0.6 is 0 Å². The molecule has 2 aromatic rings. The maximum atomic E-state index is 11.7. The summed E-state index contributed by atoms with van der Waals surface area (Å²) in [7, 11) is -2.24. The molecule has 0 amide bonds. The highest BCUT2D eigenvalue weighted by Gasteiger charge is 2.51. The van der Waals surface area contributed by atoms with E-state index in [0.29, 0.717) is 23.9 Å². The lowest BCUT2D eigenvalue weighted by atomic mass is 9.79. The van der Waals surface area contributed by atoms with E-state index in [1.165, 1.54) is 18.4 Å². The van der Waals surface area contributed by atoms with Gasteiger partial charge in [-0.05, 0) is 76.5 Å². The zero-order valence-corrected chi connectivity index (χ0v) is 20.5. The quantitative estimate of drug-likeness (QED) is 0.555. The standard InChI is InChI=1S/C23H31BO7S/c1-16(15-27-6)28-19-12-17(24-30-22(2,3)23(4,5)31-24)13-20(14-19)29-18-8-10-21(11-9-18)32(7,25)26/h8-14,16H,15H2,1-7H3/t16-/m0/s1. The lowest BCUT2D eigenvalue weighted by Gasteiger charge is -2.32. The van der Waals surface area contributed by atoms with Crippen LogP contribution in [0.4, 0.5) is 0 Å². The molecule has 0 aromatic heterocycles. The third-order valence-corrected chi connectivity index (χ3v) is 6.78. The number of methoxy groups -OCH3 is 1. The Hall–Kier alpha value is -2.07. The molecule has 7 nitrogen and oxygen atoms in total. The van der Waals surface area contributed by atoms with Gasteiger partial charge >= 0.3 is 7.12 Å². The number of rotatable bonds is 8. The molecule has 9 heteroatoms. The van der Waals surface area contributed by atoms with Gasteiger partial charge < -0.3 is 23.5 Å². The smallest absolute Gasteiger partial charge is 0.488 e. The summed E-state index contributed by atoms with van der Waals surface area (Å²) in [5.41, 5.74) is -0.214. The van der Waals surface area contributed by atoms with Crippen LogP contribution in [0.25, 0.3) is 0 Å². The van der Waals surface area contributed by atoms with Crippen molar-refractivity contribution in [3.05, 3.63) is 42.5 Å². The van der Waals surface area contributed by atoms with E-state index in [2.05, 4.69) is 0 Å². The van der Waals surface area contributed by atoms with Crippen LogP contribution in [0.1, 0.15) is 34.6 Å². The molecular weight excluding hydrogens is 431 g/mol. The first-order valence-corrected chi connectivity index (χ1v) is 12.3. The van der Waals surface area contributed by atoms with Crippen molar-refractivity contribution in [2.45, 2.75) is 56.8 Å². The Morgan fingerprint density at radius 1 is 0.938 bits per heavy atom. The Morgan fingerprint density at radius 3 is 2.03 bits per heavy atom. The van der Waals surface area contributed by atoms with Gasteiger partial charge in [0.2, 0.25) is 0 Å². The highest BCUT2D eigenvalue weighted by atomic mass is 32.2. The van der Waals surface area contributed by atoms with E-state index in [1.54, 1.807) is 25.3 Å². The van der Waals surface area contributed by atoms with Crippen LogP contribution in [-0.2, 0) is 23.9 Å². The molecule has 0 saturated carbocycles. The fourth-order valence-electron chi connectivity index (χ4n) is 3.23. The van der Waals surface area contributed by atoms with Crippen LogP contribution in [-0.4, -0.2) is 52.8 Å². The van der Waals surface area contributed by atoms with Crippen molar-refractivity contribution in [1.29, 1.82) is 0 Å². The summed E-state index contributed by atoms with van der Waals surface area (Å²) < 4.78 is 53.0. The topological polar surface area (TPSA) is 80.3 Å². The molecule has 1 saturated heterocycles. The molecule has 1 aliphatic heterocycles. The number of hydrogen-bond donors (Lipinski definition) is 0. The minimum atomic E-state index is -3.28.